The van der Waals surface area contributed by atoms with E-state index < -0.39 is 35.1 Å². The van der Waals surface area contributed by atoms with Crippen molar-refractivity contribution in [2.75, 3.05) is 26.7 Å². The van der Waals surface area contributed by atoms with E-state index in [1.165, 1.54) is 36.9 Å². The number of carbonyl (C=O) groups is 2. The largest absolute Gasteiger partial charge is 0.455 e. The molecular formula is C22H25ClN2O5S. The van der Waals surface area contributed by atoms with Crippen molar-refractivity contribution < 1.29 is 22.7 Å². The van der Waals surface area contributed by atoms with Gasteiger partial charge in [0, 0.05) is 24.0 Å². The SMILES string of the molecule is CN(CC(=O)OCC(=O)NCC1(c2ccccc2)CCC1)S(=O)(=O)c1ccc(Cl)cc1. The highest BCUT2D eigenvalue weighted by atomic mass is 35.5. The van der Waals surface area contributed by atoms with Crippen molar-refractivity contribution in [3.05, 3.63) is 65.2 Å². The van der Waals surface area contributed by atoms with E-state index in [2.05, 4.69) is 17.4 Å². The molecule has 1 fully saturated rings. The minimum Gasteiger partial charge on any atom is -0.455 e. The maximum atomic E-state index is 12.5. The second-order valence-corrected chi connectivity index (χ2v) is 10.1. The lowest BCUT2D eigenvalue weighted by Gasteiger charge is -2.42. The Morgan fingerprint density at radius 3 is 2.32 bits per heavy atom. The average Bonchev–Trinajstić information content (AvgIpc) is 2.72. The van der Waals surface area contributed by atoms with Crippen LogP contribution in [0.2, 0.25) is 5.02 Å². The first kappa shape index (κ1) is 23.2. The number of ether oxygens (including phenoxy) is 1. The highest BCUT2D eigenvalue weighted by molar-refractivity contribution is 7.89. The van der Waals surface area contributed by atoms with Gasteiger partial charge >= 0.3 is 5.97 Å². The van der Waals surface area contributed by atoms with Crippen LogP contribution in [0.25, 0.3) is 0 Å². The molecular weight excluding hydrogens is 440 g/mol. The second kappa shape index (κ2) is 9.80. The van der Waals surface area contributed by atoms with Gasteiger partial charge in [-0.3, -0.25) is 9.59 Å². The normalized spacial score (nSPS) is 15.2. The first-order valence-corrected chi connectivity index (χ1v) is 11.7. The predicted molar refractivity (Wildman–Crippen MR) is 117 cm³/mol. The van der Waals surface area contributed by atoms with Crippen molar-refractivity contribution in [3.63, 3.8) is 0 Å². The van der Waals surface area contributed by atoms with Crippen LogP contribution in [0.3, 0.4) is 0 Å². The van der Waals surface area contributed by atoms with E-state index in [1.807, 2.05) is 18.2 Å². The minimum atomic E-state index is -3.87. The number of hydrogen-bond donors (Lipinski definition) is 1. The van der Waals surface area contributed by atoms with Gasteiger partial charge in [0.25, 0.3) is 5.91 Å². The Labute approximate surface area is 187 Å². The van der Waals surface area contributed by atoms with Crippen molar-refractivity contribution in [3.8, 4) is 0 Å². The lowest BCUT2D eigenvalue weighted by atomic mass is 9.64. The molecule has 31 heavy (non-hydrogen) atoms. The van der Waals surface area contributed by atoms with Gasteiger partial charge in [0.05, 0.1) is 4.90 Å². The Hall–Kier alpha value is -2.42. The van der Waals surface area contributed by atoms with Gasteiger partial charge in [0.15, 0.2) is 6.61 Å². The van der Waals surface area contributed by atoms with Gasteiger partial charge in [-0.1, -0.05) is 48.4 Å². The number of likely N-dealkylation sites (N-methyl/N-ethyl adjacent to an activating group) is 1. The van der Waals surface area contributed by atoms with Gasteiger partial charge in [0.2, 0.25) is 10.0 Å². The first-order chi connectivity index (χ1) is 14.7. The highest BCUT2D eigenvalue weighted by Crippen LogP contribution is 2.43. The molecule has 0 aliphatic heterocycles. The Morgan fingerprint density at radius 2 is 1.74 bits per heavy atom. The van der Waals surface area contributed by atoms with Gasteiger partial charge in [-0.2, -0.15) is 4.31 Å². The van der Waals surface area contributed by atoms with Gasteiger partial charge in [-0.15, -0.1) is 0 Å². The zero-order valence-corrected chi connectivity index (χ0v) is 18.8. The summed E-state index contributed by atoms with van der Waals surface area (Å²) in [6.45, 7) is -0.497. The van der Waals surface area contributed by atoms with Crippen LogP contribution >= 0.6 is 11.6 Å². The molecule has 2 aromatic carbocycles. The van der Waals surface area contributed by atoms with Gasteiger partial charge in [0.1, 0.15) is 6.54 Å². The summed E-state index contributed by atoms with van der Waals surface area (Å²) in [5.74, 6) is -1.23. The molecule has 0 aromatic heterocycles. The van der Waals surface area contributed by atoms with Crippen molar-refractivity contribution in [1.29, 1.82) is 0 Å². The van der Waals surface area contributed by atoms with E-state index in [-0.39, 0.29) is 10.3 Å². The zero-order valence-electron chi connectivity index (χ0n) is 17.2. The topological polar surface area (TPSA) is 92.8 Å². The van der Waals surface area contributed by atoms with E-state index in [0.717, 1.165) is 23.6 Å². The number of esters is 1. The molecule has 0 atom stereocenters. The van der Waals surface area contributed by atoms with Crippen LogP contribution in [-0.4, -0.2) is 51.3 Å². The predicted octanol–water partition coefficient (Wildman–Crippen LogP) is 2.74. The average molecular weight is 465 g/mol. The van der Waals surface area contributed by atoms with Crippen molar-refractivity contribution in [1.82, 2.24) is 9.62 Å². The molecule has 0 saturated heterocycles. The van der Waals surface area contributed by atoms with Crippen LogP contribution in [0.1, 0.15) is 24.8 Å². The van der Waals surface area contributed by atoms with Crippen molar-refractivity contribution in [2.24, 2.45) is 0 Å². The minimum absolute atomic E-state index is 0.0108. The third-order valence-electron chi connectivity index (χ3n) is 5.56. The molecule has 1 aliphatic rings. The molecule has 9 heteroatoms. The van der Waals surface area contributed by atoms with Gasteiger partial charge < -0.3 is 10.1 Å². The summed E-state index contributed by atoms with van der Waals surface area (Å²) in [6.07, 6.45) is 3.09. The second-order valence-electron chi connectivity index (χ2n) is 7.65. The summed E-state index contributed by atoms with van der Waals surface area (Å²) in [5, 5.41) is 3.24. The van der Waals surface area contributed by atoms with Gasteiger partial charge in [-0.25, -0.2) is 8.42 Å². The summed E-state index contributed by atoms with van der Waals surface area (Å²) < 4.78 is 30.8. The Kier molecular flexibility index (Phi) is 7.35. The van der Waals surface area contributed by atoms with E-state index in [4.69, 9.17) is 16.3 Å². The summed E-state index contributed by atoms with van der Waals surface area (Å²) >= 11 is 5.78. The van der Waals surface area contributed by atoms with Crippen LogP contribution < -0.4 is 5.32 Å². The third kappa shape index (κ3) is 5.64. The fourth-order valence-corrected chi connectivity index (χ4v) is 4.77. The monoisotopic (exact) mass is 464 g/mol. The number of amides is 1. The van der Waals surface area contributed by atoms with Crippen LogP contribution in [0, 0.1) is 0 Å². The van der Waals surface area contributed by atoms with E-state index in [9.17, 15) is 18.0 Å². The summed E-state index contributed by atoms with van der Waals surface area (Å²) in [5.41, 5.74) is 1.11. The number of carbonyl (C=O) groups excluding carboxylic acids is 2. The summed E-state index contributed by atoms with van der Waals surface area (Å²) in [4.78, 5) is 24.2. The molecule has 0 unspecified atom stereocenters. The number of benzene rings is 2. The lowest BCUT2D eigenvalue weighted by Crippen LogP contribution is -2.46. The maximum absolute atomic E-state index is 12.5. The van der Waals surface area contributed by atoms with Crippen molar-refractivity contribution >= 4 is 33.5 Å². The van der Waals surface area contributed by atoms with Crippen molar-refractivity contribution in [2.45, 2.75) is 29.6 Å². The fraction of sp³-hybridized carbons (Fsp3) is 0.364. The summed E-state index contributed by atoms with van der Waals surface area (Å²) in [7, 11) is -2.60. The first-order valence-electron chi connectivity index (χ1n) is 9.93. The molecule has 166 valence electrons. The molecule has 0 bridgehead atoms. The van der Waals surface area contributed by atoms with Crippen LogP contribution in [0.4, 0.5) is 0 Å². The molecule has 0 spiro atoms. The molecule has 3 rings (SSSR count). The number of sulfonamides is 1. The Bertz CT molecular complexity index is 1020. The zero-order chi connectivity index (χ0) is 22.5. The van der Waals surface area contributed by atoms with Crippen LogP contribution in [0.5, 0.6) is 0 Å². The Balaban J connectivity index is 1.47. The fourth-order valence-electron chi connectivity index (χ4n) is 3.53. The molecule has 7 nitrogen and oxygen atoms in total. The number of halogens is 1. The number of nitrogens with one attached hydrogen (secondary N) is 1. The van der Waals surface area contributed by atoms with Gasteiger partial charge in [-0.05, 0) is 42.7 Å². The summed E-state index contributed by atoms with van der Waals surface area (Å²) in [6, 6.07) is 15.7. The lowest BCUT2D eigenvalue weighted by molar-refractivity contribution is -0.148. The molecule has 0 heterocycles. The molecule has 0 radical (unpaired) electrons. The van der Waals surface area contributed by atoms with Crippen LogP contribution in [0.15, 0.2) is 59.5 Å². The standard InChI is InChI=1S/C22H25ClN2O5S/c1-25(31(28,29)19-10-8-18(23)9-11-19)14-21(27)30-15-20(26)24-16-22(12-5-13-22)17-6-3-2-4-7-17/h2-4,6-11H,5,12-16H2,1H3,(H,24,26). The number of nitrogens with zero attached hydrogens (tertiary/aromatic N) is 1. The number of rotatable bonds is 9. The highest BCUT2D eigenvalue weighted by Gasteiger charge is 2.38. The number of hydrogen-bond acceptors (Lipinski definition) is 5. The van der Waals surface area contributed by atoms with E-state index >= 15 is 0 Å². The smallest absolute Gasteiger partial charge is 0.321 e. The molecule has 1 saturated carbocycles. The van der Waals surface area contributed by atoms with Crippen LogP contribution in [-0.2, 0) is 29.8 Å². The molecule has 1 N–H and O–H groups in total. The quantitative estimate of drug-likeness (QED) is 0.576. The Morgan fingerprint density at radius 1 is 1.10 bits per heavy atom. The molecule has 1 amide bonds. The molecule has 1 aliphatic carbocycles. The maximum Gasteiger partial charge on any atom is 0.321 e. The molecule has 2 aromatic rings. The van der Waals surface area contributed by atoms with E-state index in [0.29, 0.717) is 11.6 Å². The van der Waals surface area contributed by atoms with E-state index in [1.54, 1.807) is 0 Å². The third-order valence-corrected chi connectivity index (χ3v) is 7.63.